The fraction of sp³-hybridized carbons (Fsp3) is 0.167. The topological polar surface area (TPSA) is 108 Å². The number of carbonyl (C=O) groups is 1. The number of halogens is 2. The van der Waals surface area contributed by atoms with E-state index in [4.69, 9.17) is 16.3 Å². The normalized spacial score (nSPS) is 10.6. The first-order valence-electron chi connectivity index (χ1n) is 8.26. The van der Waals surface area contributed by atoms with E-state index in [1.54, 1.807) is 18.2 Å². The van der Waals surface area contributed by atoms with E-state index >= 15 is 0 Å². The highest BCUT2D eigenvalue weighted by molar-refractivity contribution is 6.29. The Balaban J connectivity index is 2.14. The molecule has 0 aliphatic carbocycles. The molecule has 0 saturated heterocycles. The Hall–Kier alpha value is -3.53. The van der Waals surface area contributed by atoms with Gasteiger partial charge in [0.25, 0.3) is 5.88 Å². The van der Waals surface area contributed by atoms with Crippen LogP contribution in [0.4, 0.5) is 10.1 Å². The molecule has 0 aliphatic rings. The molecule has 3 aromatic rings. The molecule has 0 radical (unpaired) electrons. The van der Waals surface area contributed by atoms with Crippen LogP contribution in [-0.4, -0.2) is 32.3 Å². The monoisotopic (exact) mass is 419 g/mol. The molecule has 1 amide bonds. The van der Waals surface area contributed by atoms with Gasteiger partial charge in [-0.15, -0.1) is 5.10 Å². The predicted molar refractivity (Wildman–Crippen MR) is 103 cm³/mol. The van der Waals surface area contributed by atoms with Crippen LogP contribution >= 0.6 is 11.6 Å². The largest absolute Gasteiger partial charge is 0.476 e. The number of anilines is 1. The number of amides is 1. The van der Waals surface area contributed by atoms with Crippen LogP contribution in [0.5, 0.6) is 5.88 Å². The first-order valence-corrected chi connectivity index (χ1v) is 8.64. The summed E-state index contributed by atoms with van der Waals surface area (Å²) in [4.78, 5) is 40.4. The summed E-state index contributed by atoms with van der Waals surface area (Å²) in [6.07, 6.45) is 1.26. The molecule has 11 heteroatoms. The van der Waals surface area contributed by atoms with Gasteiger partial charge in [-0.2, -0.15) is 4.68 Å². The van der Waals surface area contributed by atoms with E-state index in [1.165, 1.54) is 26.3 Å². The third-order valence-corrected chi connectivity index (χ3v) is 4.11. The summed E-state index contributed by atoms with van der Waals surface area (Å²) < 4.78 is 20.5. The third-order valence-electron chi connectivity index (χ3n) is 3.83. The Kier molecular flexibility index (Phi) is 5.74. The molecule has 9 nitrogen and oxygen atoms in total. The number of hydrogen-bond donors (Lipinski definition) is 1. The molecule has 0 spiro atoms. The first-order chi connectivity index (χ1) is 13.8. The van der Waals surface area contributed by atoms with Crippen LogP contribution in [0.2, 0.25) is 5.15 Å². The quantitative estimate of drug-likeness (QED) is 0.629. The van der Waals surface area contributed by atoms with Gasteiger partial charge in [-0.25, -0.2) is 18.7 Å². The number of nitrogens with one attached hydrogen (secondary N) is 1. The zero-order valence-corrected chi connectivity index (χ0v) is 16.1. The lowest BCUT2D eigenvalue weighted by molar-refractivity contribution is -0.114. The predicted octanol–water partition coefficient (Wildman–Crippen LogP) is 1.60. The highest BCUT2D eigenvalue weighted by atomic mass is 35.5. The molecule has 0 aliphatic heterocycles. The highest BCUT2D eigenvalue weighted by Gasteiger charge is 2.16. The Bertz CT molecular complexity index is 1210. The van der Waals surface area contributed by atoms with E-state index in [0.717, 1.165) is 15.3 Å². The minimum atomic E-state index is -0.790. The Morgan fingerprint density at radius 1 is 1.31 bits per heavy atom. The van der Waals surface area contributed by atoms with Crippen LogP contribution in [0.15, 0.2) is 46.1 Å². The van der Waals surface area contributed by atoms with Crippen LogP contribution in [0.1, 0.15) is 12.5 Å². The smallest absolute Gasteiger partial charge is 0.352 e. The number of ether oxygens (including phenoxy) is 1. The van der Waals surface area contributed by atoms with Crippen LogP contribution in [0.3, 0.4) is 0 Å². The Morgan fingerprint density at radius 2 is 2.07 bits per heavy atom. The van der Waals surface area contributed by atoms with Crippen molar-refractivity contribution in [1.29, 1.82) is 0 Å². The van der Waals surface area contributed by atoms with Crippen LogP contribution in [0.25, 0.3) is 5.69 Å². The van der Waals surface area contributed by atoms with E-state index in [1.807, 2.05) is 0 Å². The molecule has 0 unspecified atom stereocenters. The Labute approximate surface area is 168 Å². The number of rotatable bonds is 5. The lowest BCUT2D eigenvalue weighted by atomic mass is 10.2. The molecule has 0 saturated carbocycles. The highest BCUT2D eigenvalue weighted by Crippen LogP contribution is 2.14. The molecule has 3 rings (SSSR count). The van der Waals surface area contributed by atoms with E-state index in [-0.39, 0.29) is 34.7 Å². The number of aromatic nitrogens is 4. The summed E-state index contributed by atoms with van der Waals surface area (Å²) in [6, 6.07) is 7.39. The van der Waals surface area contributed by atoms with Crippen LogP contribution < -0.4 is 21.3 Å². The zero-order valence-electron chi connectivity index (χ0n) is 15.3. The molecular formula is C18H15ClFN5O4. The van der Waals surface area contributed by atoms with Gasteiger partial charge in [-0.3, -0.25) is 9.59 Å². The number of carbonyl (C=O) groups excluding carboxylic acids is 1. The summed E-state index contributed by atoms with van der Waals surface area (Å²) in [5.74, 6) is -1.40. The Morgan fingerprint density at radius 3 is 2.72 bits per heavy atom. The van der Waals surface area contributed by atoms with Gasteiger partial charge in [-0.1, -0.05) is 17.7 Å². The molecule has 0 fully saturated rings. The van der Waals surface area contributed by atoms with Crippen molar-refractivity contribution in [1.82, 2.24) is 19.3 Å². The van der Waals surface area contributed by atoms with Crippen molar-refractivity contribution in [3.8, 4) is 11.6 Å². The molecule has 0 bridgehead atoms. The van der Waals surface area contributed by atoms with Crippen molar-refractivity contribution < 1.29 is 13.9 Å². The van der Waals surface area contributed by atoms with E-state index in [0.29, 0.717) is 5.69 Å². The lowest BCUT2D eigenvalue weighted by Gasteiger charge is -2.12. The molecular weight excluding hydrogens is 405 g/mol. The fourth-order valence-corrected chi connectivity index (χ4v) is 2.68. The fourth-order valence-electron chi connectivity index (χ4n) is 2.58. The molecule has 2 aromatic heterocycles. The first kappa shape index (κ1) is 20.2. The number of pyridine rings is 1. The number of benzene rings is 1. The molecule has 29 heavy (non-hydrogen) atoms. The summed E-state index contributed by atoms with van der Waals surface area (Å²) >= 11 is 5.57. The second-order valence-corrected chi connectivity index (χ2v) is 6.30. The average Bonchev–Trinajstić information content (AvgIpc) is 2.68. The molecule has 2 heterocycles. The minimum absolute atomic E-state index is 0.248. The van der Waals surface area contributed by atoms with E-state index < -0.39 is 17.1 Å². The molecule has 150 valence electrons. The van der Waals surface area contributed by atoms with Crippen molar-refractivity contribution in [3.05, 3.63) is 73.9 Å². The van der Waals surface area contributed by atoms with Gasteiger partial charge < -0.3 is 10.1 Å². The summed E-state index contributed by atoms with van der Waals surface area (Å²) in [7, 11) is 1.24. The van der Waals surface area contributed by atoms with Crippen molar-refractivity contribution in [2.45, 2.75) is 13.5 Å². The molecule has 1 aromatic carbocycles. The van der Waals surface area contributed by atoms with E-state index in [2.05, 4.69) is 15.4 Å². The minimum Gasteiger partial charge on any atom is -0.476 e. The van der Waals surface area contributed by atoms with Gasteiger partial charge in [0.1, 0.15) is 0 Å². The lowest BCUT2D eigenvalue weighted by Crippen LogP contribution is -2.41. The van der Waals surface area contributed by atoms with Gasteiger partial charge in [-0.05, 0) is 29.8 Å². The van der Waals surface area contributed by atoms with Gasteiger partial charge in [0.05, 0.1) is 19.3 Å². The maximum absolute atomic E-state index is 13.7. The summed E-state index contributed by atoms with van der Waals surface area (Å²) in [5, 5.41) is 6.22. The second kappa shape index (κ2) is 8.23. The maximum Gasteiger partial charge on any atom is 0.352 e. The summed E-state index contributed by atoms with van der Waals surface area (Å²) in [6.45, 7) is 1.07. The third kappa shape index (κ3) is 4.32. The van der Waals surface area contributed by atoms with Crippen molar-refractivity contribution in [2.75, 3.05) is 12.4 Å². The standard InChI is InChI=1S/C18H15ClFN5O4/c1-10(26)22-12-4-3-5-13(7-12)25-18(28)24(17(27)16(23-25)29-2)9-11-6-14(20)15(19)21-8-11/h3-8H,9H2,1-2H3,(H,22,26). The van der Waals surface area contributed by atoms with Gasteiger partial charge >= 0.3 is 11.2 Å². The maximum atomic E-state index is 13.7. The van der Waals surface area contributed by atoms with E-state index in [9.17, 15) is 18.8 Å². The second-order valence-electron chi connectivity index (χ2n) is 5.94. The number of hydrogen-bond acceptors (Lipinski definition) is 6. The average molecular weight is 420 g/mol. The van der Waals surface area contributed by atoms with Crippen LogP contribution in [-0.2, 0) is 11.3 Å². The van der Waals surface area contributed by atoms with Crippen LogP contribution in [0, 0.1) is 5.82 Å². The molecule has 0 atom stereocenters. The van der Waals surface area contributed by atoms with Gasteiger partial charge in [0.2, 0.25) is 5.91 Å². The van der Waals surface area contributed by atoms with Crippen molar-refractivity contribution >= 4 is 23.2 Å². The zero-order chi connectivity index (χ0) is 21.1. The SMILES string of the molecule is COc1nn(-c2cccc(NC(C)=O)c2)c(=O)n(Cc2cnc(Cl)c(F)c2)c1=O. The van der Waals surface area contributed by atoms with Gasteiger partial charge in [0, 0.05) is 18.8 Å². The summed E-state index contributed by atoms with van der Waals surface area (Å²) in [5.41, 5.74) is -0.607. The van der Waals surface area contributed by atoms with Crippen molar-refractivity contribution in [2.24, 2.45) is 0 Å². The number of nitrogens with zero attached hydrogens (tertiary/aromatic N) is 4. The molecule has 1 N–H and O–H groups in total. The number of methoxy groups -OCH3 is 1. The van der Waals surface area contributed by atoms with Crippen molar-refractivity contribution in [3.63, 3.8) is 0 Å². The van der Waals surface area contributed by atoms with Gasteiger partial charge in [0.15, 0.2) is 11.0 Å².